The van der Waals surface area contributed by atoms with E-state index in [2.05, 4.69) is 16.0 Å². The number of rotatable bonds is 1. The molecule has 1 aliphatic heterocycles. The van der Waals surface area contributed by atoms with Crippen LogP contribution in [-0.2, 0) is 16.0 Å². The maximum atomic E-state index is 12.2. The molecule has 5 heteroatoms. The van der Waals surface area contributed by atoms with Gasteiger partial charge in [-0.3, -0.25) is 9.78 Å². The molecule has 1 aromatic rings. The van der Waals surface area contributed by atoms with Crippen molar-refractivity contribution >= 4 is 11.5 Å². The lowest BCUT2D eigenvalue weighted by Gasteiger charge is -2.36. The molecule has 0 N–H and O–H groups in total. The fraction of sp³-hybridized carbons (Fsp3) is 0.400. The minimum atomic E-state index is -0.123. The van der Waals surface area contributed by atoms with Crippen LogP contribution < -0.4 is 0 Å². The van der Waals surface area contributed by atoms with Crippen LogP contribution in [0, 0.1) is 11.3 Å². The molecule has 1 fully saturated rings. The second-order valence-electron chi connectivity index (χ2n) is 5.10. The summed E-state index contributed by atoms with van der Waals surface area (Å²) < 4.78 is 5.54. The normalized spacial score (nSPS) is 22.5. The molecule has 1 aromatic heterocycles. The first-order chi connectivity index (χ1) is 9.70. The number of ketones is 1. The van der Waals surface area contributed by atoms with E-state index in [1.807, 2.05) is 13.0 Å². The third kappa shape index (κ3) is 2.08. The van der Waals surface area contributed by atoms with Gasteiger partial charge in [0, 0.05) is 37.5 Å². The van der Waals surface area contributed by atoms with Crippen molar-refractivity contribution in [3.63, 3.8) is 0 Å². The van der Waals surface area contributed by atoms with Gasteiger partial charge >= 0.3 is 0 Å². The number of ether oxygens (including phenoxy) is 1. The van der Waals surface area contributed by atoms with Crippen LogP contribution in [0.1, 0.15) is 18.1 Å². The second kappa shape index (κ2) is 5.06. The Balaban J connectivity index is 2.12. The van der Waals surface area contributed by atoms with Gasteiger partial charge in [-0.15, -0.1) is 0 Å². The summed E-state index contributed by atoms with van der Waals surface area (Å²) in [6.07, 6.45) is 3.77. The van der Waals surface area contributed by atoms with Crippen LogP contribution >= 0.6 is 0 Å². The topological polar surface area (TPSA) is 66.2 Å². The maximum Gasteiger partial charge on any atom is 0.179 e. The van der Waals surface area contributed by atoms with Crippen LogP contribution in [-0.4, -0.2) is 41.5 Å². The summed E-state index contributed by atoms with van der Waals surface area (Å²) in [5, 5.41) is 9.35. The Kier molecular flexibility index (Phi) is 3.25. The number of carbonyl (C=O) groups is 1. The van der Waals surface area contributed by atoms with E-state index >= 15 is 0 Å². The molecular formula is C15H15N3O2. The lowest BCUT2D eigenvalue weighted by Crippen LogP contribution is -2.41. The van der Waals surface area contributed by atoms with Gasteiger partial charge in [0.05, 0.1) is 18.4 Å². The van der Waals surface area contributed by atoms with E-state index in [9.17, 15) is 10.1 Å². The van der Waals surface area contributed by atoms with Gasteiger partial charge < -0.3 is 9.64 Å². The Morgan fingerprint density at radius 3 is 3.15 bits per heavy atom. The molecule has 2 aliphatic rings. The standard InChI is InChI=1S/C15H15N3O2/c1-10-9-18(4-5-20-10)15-12-2-3-17-8-11(12)6-14(19)13(15)7-16/h2-3,8,10H,4-6,9H2,1H3/t10-/m1/s1. The first-order valence-corrected chi connectivity index (χ1v) is 6.68. The summed E-state index contributed by atoms with van der Waals surface area (Å²) in [5.41, 5.74) is 2.85. The maximum absolute atomic E-state index is 12.2. The first kappa shape index (κ1) is 12.8. The molecule has 0 bridgehead atoms. The number of allylic oxidation sites excluding steroid dienone is 1. The Bertz CT molecular complexity index is 630. The number of aromatic nitrogens is 1. The Labute approximate surface area is 117 Å². The Morgan fingerprint density at radius 2 is 2.40 bits per heavy atom. The van der Waals surface area contributed by atoms with Crippen LogP contribution in [0.5, 0.6) is 0 Å². The number of nitriles is 1. The van der Waals surface area contributed by atoms with Gasteiger partial charge in [-0.2, -0.15) is 5.26 Å². The Hall–Kier alpha value is -2.19. The van der Waals surface area contributed by atoms with Gasteiger partial charge in [-0.25, -0.2) is 0 Å². The average molecular weight is 269 g/mol. The van der Waals surface area contributed by atoms with Gasteiger partial charge in [-0.05, 0) is 18.6 Å². The molecule has 5 nitrogen and oxygen atoms in total. The molecule has 1 aliphatic carbocycles. The van der Waals surface area contributed by atoms with Crippen molar-refractivity contribution in [1.29, 1.82) is 5.26 Å². The molecule has 0 amide bonds. The van der Waals surface area contributed by atoms with E-state index in [-0.39, 0.29) is 23.9 Å². The summed E-state index contributed by atoms with van der Waals surface area (Å²) in [5.74, 6) is -0.123. The zero-order valence-electron chi connectivity index (χ0n) is 11.3. The molecular weight excluding hydrogens is 254 g/mol. The van der Waals surface area contributed by atoms with Crippen molar-refractivity contribution in [2.75, 3.05) is 19.7 Å². The van der Waals surface area contributed by atoms with Crippen molar-refractivity contribution in [2.45, 2.75) is 19.4 Å². The number of pyridine rings is 1. The summed E-state index contributed by atoms with van der Waals surface area (Å²) in [7, 11) is 0. The minimum Gasteiger partial charge on any atom is -0.375 e. The quantitative estimate of drug-likeness (QED) is 0.765. The summed E-state index contributed by atoms with van der Waals surface area (Å²) in [6.45, 7) is 3.99. The highest BCUT2D eigenvalue weighted by molar-refractivity contribution is 6.09. The van der Waals surface area contributed by atoms with Crippen LogP contribution in [0.15, 0.2) is 24.0 Å². The summed E-state index contributed by atoms with van der Waals surface area (Å²) in [6, 6.07) is 3.97. The molecule has 1 saturated heterocycles. The van der Waals surface area contributed by atoms with E-state index in [4.69, 9.17) is 4.74 Å². The van der Waals surface area contributed by atoms with Gasteiger partial charge in [0.2, 0.25) is 0 Å². The third-order valence-corrected chi connectivity index (χ3v) is 3.69. The number of fused-ring (bicyclic) bond motifs is 1. The van der Waals surface area contributed by atoms with E-state index in [0.29, 0.717) is 19.7 Å². The van der Waals surface area contributed by atoms with Gasteiger partial charge in [0.15, 0.2) is 5.78 Å². The van der Waals surface area contributed by atoms with E-state index in [0.717, 1.165) is 16.8 Å². The van der Waals surface area contributed by atoms with E-state index < -0.39 is 0 Å². The molecule has 0 unspecified atom stereocenters. The predicted molar refractivity (Wildman–Crippen MR) is 72.5 cm³/mol. The molecule has 2 heterocycles. The van der Waals surface area contributed by atoms with Crippen molar-refractivity contribution in [1.82, 2.24) is 9.88 Å². The summed E-state index contributed by atoms with van der Waals surface area (Å²) >= 11 is 0. The van der Waals surface area contributed by atoms with Gasteiger partial charge in [0.1, 0.15) is 11.6 Å². The number of Topliss-reactive ketones (excluding diaryl/α,β-unsaturated/α-hetero) is 1. The van der Waals surface area contributed by atoms with Crippen molar-refractivity contribution in [2.24, 2.45) is 0 Å². The lowest BCUT2D eigenvalue weighted by atomic mass is 9.89. The third-order valence-electron chi connectivity index (χ3n) is 3.69. The summed E-state index contributed by atoms with van der Waals surface area (Å²) in [4.78, 5) is 18.3. The molecule has 102 valence electrons. The van der Waals surface area contributed by atoms with E-state index in [1.54, 1.807) is 12.4 Å². The van der Waals surface area contributed by atoms with Crippen LogP contribution in [0.2, 0.25) is 0 Å². The average Bonchev–Trinajstić information content (AvgIpc) is 2.45. The van der Waals surface area contributed by atoms with Crippen LogP contribution in [0.4, 0.5) is 0 Å². The fourth-order valence-electron chi connectivity index (χ4n) is 2.79. The second-order valence-corrected chi connectivity index (χ2v) is 5.10. The Morgan fingerprint density at radius 1 is 1.55 bits per heavy atom. The number of nitrogens with zero attached hydrogens (tertiary/aromatic N) is 3. The first-order valence-electron chi connectivity index (χ1n) is 6.68. The number of morpholine rings is 1. The van der Waals surface area contributed by atoms with Gasteiger partial charge in [-0.1, -0.05) is 0 Å². The molecule has 1 atom stereocenters. The molecule has 0 saturated carbocycles. The SMILES string of the molecule is C[C@@H]1CN(C2=C(C#N)C(=O)Cc3cnccc32)CCO1. The zero-order chi connectivity index (χ0) is 14.1. The fourth-order valence-corrected chi connectivity index (χ4v) is 2.79. The highest BCUT2D eigenvalue weighted by atomic mass is 16.5. The molecule has 0 radical (unpaired) electrons. The highest BCUT2D eigenvalue weighted by Gasteiger charge is 2.31. The highest BCUT2D eigenvalue weighted by Crippen LogP contribution is 2.32. The van der Waals surface area contributed by atoms with Crippen molar-refractivity contribution < 1.29 is 9.53 Å². The van der Waals surface area contributed by atoms with Crippen LogP contribution in [0.25, 0.3) is 5.70 Å². The molecule has 3 rings (SSSR count). The number of hydrogen-bond donors (Lipinski definition) is 0. The number of hydrogen-bond acceptors (Lipinski definition) is 5. The predicted octanol–water partition coefficient (Wildman–Crippen LogP) is 1.16. The van der Waals surface area contributed by atoms with Crippen molar-refractivity contribution in [3.05, 3.63) is 35.2 Å². The monoisotopic (exact) mass is 269 g/mol. The van der Waals surface area contributed by atoms with Gasteiger partial charge in [0.25, 0.3) is 0 Å². The minimum absolute atomic E-state index is 0.0958. The largest absolute Gasteiger partial charge is 0.375 e. The molecule has 0 spiro atoms. The van der Waals surface area contributed by atoms with E-state index in [1.165, 1.54) is 0 Å². The lowest BCUT2D eigenvalue weighted by molar-refractivity contribution is -0.114. The smallest absolute Gasteiger partial charge is 0.179 e. The molecule has 0 aromatic carbocycles. The zero-order valence-corrected chi connectivity index (χ0v) is 11.3. The molecule has 20 heavy (non-hydrogen) atoms. The number of carbonyl (C=O) groups excluding carboxylic acids is 1. The van der Waals surface area contributed by atoms with Crippen molar-refractivity contribution in [3.8, 4) is 6.07 Å². The van der Waals surface area contributed by atoms with Crippen LogP contribution in [0.3, 0.4) is 0 Å².